The van der Waals surface area contributed by atoms with Gasteiger partial charge < -0.3 is 4.52 Å². The summed E-state index contributed by atoms with van der Waals surface area (Å²) in [6, 6.07) is 19.7. The standard InChI is InChI=1S/C21H23NO2/c1-15(2)19-18(16-11-7-5-8-12-16)20(23)22(24-19)21(3,4)17-13-9-6-10-14-17/h5-15H,1-4H3. The molecule has 0 aliphatic rings. The first-order chi connectivity index (χ1) is 11.4. The summed E-state index contributed by atoms with van der Waals surface area (Å²) in [5, 5.41) is 0. The molecule has 3 rings (SSSR count). The summed E-state index contributed by atoms with van der Waals surface area (Å²) < 4.78 is 7.60. The molecule has 0 unspecified atom stereocenters. The first kappa shape index (κ1) is 16.3. The van der Waals surface area contributed by atoms with Gasteiger partial charge in [-0.2, -0.15) is 4.74 Å². The van der Waals surface area contributed by atoms with Crippen molar-refractivity contribution in [1.82, 2.24) is 4.74 Å². The van der Waals surface area contributed by atoms with Crippen LogP contribution in [0.1, 0.15) is 44.9 Å². The van der Waals surface area contributed by atoms with E-state index in [0.29, 0.717) is 5.56 Å². The minimum atomic E-state index is -0.561. The van der Waals surface area contributed by atoms with E-state index in [2.05, 4.69) is 0 Å². The topological polar surface area (TPSA) is 35.1 Å². The Morgan fingerprint density at radius 1 is 0.917 bits per heavy atom. The molecule has 3 aromatic rings. The van der Waals surface area contributed by atoms with Gasteiger partial charge in [0.15, 0.2) is 0 Å². The molecule has 124 valence electrons. The van der Waals surface area contributed by atoms with Crippen molar-refractivity contribution in [3.8, 4) is 11.1 Å². The average molecular weight is 321 g/mol. The monoisotopic (exact) mass is 321 g/mol. The second kappa shape index (κ2) is 6.16. The van der Waals surface area contributed by atoms with Crippen molar-refractivity contribution in [3.05, 3.63) is 82.3 Å². The SMILES string of the molecule is CC(C)c1on(C(C)(C)c2ccccc2)c(=O)c1-c1ccccc1. The van der Waals surface area contributed by atoms with E-state index in [9.17, 15) is 4.79 Å². The van der Waals surface area contributed by atoms with Gasteiger partial charge >= 0.3 is 0 Å². The molecule has 0 saturated heterocycles. The van der Waals surface area contributed by atoms with Crippen LogP contribution in [0.3, 0.4) is 0 Å². The maximum atomic E-state index is 13.2. The molecule has 0 fully saturated rings. The van der Waals surface area contributed by atoms with Crippen molar-refractivity contribution < 1.29 is 4.52 Å². The summed E-state index contributed by atoms with van der Waals surface area (Å²) in [7, 11) is 0. The summed E-state index contributed by atoms with van der Waals surface area (Å²) in [5.41, 5.74) is 1.95. The molecule has 0 amide bonds. The zero-order chi connectivity index (χ0) is 17.3. The Balaban J connectivity index is 2.23. The van der Waals surface area contributed by atoms with Crippen molar-refractivity contribution in [3.63, 3.8) is 0 Å². The first-order valence-corrected chi connectivity index (χ1v) is 8.30. The fraction of sp³-hybridized carbons (Fsp3) is 0.286. The second-order valence-corrected chi connectivity index (χ2v) is 6.88. The van der Waals surface area contributed by atoms with Gasteiger partial charge in [0.05, 0.1) is 5.56 Å². The lowest BCUT2D eigenvalue weighted by molar-refractivity contribution is 0.159. The van der Waals surface area contributed by atoms with Gasteiger partial charge in [-0.25, -0.2) is 0 Å². The van der Waals surface area contributed by atoms with Crippen molar-refractivity contribution in [2.24, 2.45) is 0 Å². The lowest BCUT2D eigenvalue weighted by atomic mass is 9.94. The molecule has 0 N–H and O–H groups in total. The van der Waals surface area contributed by atoms with Crippen LogP contribution in [-0.4, -0.2) is 4.74 Å². The average Bonchev–Trinajstić information content (AvgIpc) is 2.95. The van der Waals surface area contributed by atoms with Gasteiger partial charge in [0.25, 0.3) is 5.56 Å². The maximum Gasteiger partial charge on any atom is 0.291 e. The summed E-state index contributed by atoms with van der Waals surface area (Å²) in [4.78, 5) is 13.2. The fourth-order valence-electron chi connectivity index (χ4n) is 2.99. The zero-order valence-corrected chi connectivity index (χ0v) is 14.6. The van der Waals surface area contributed by atoms with E-state index in [4.69, 9.17) is 4.52 Å². The Morgan fingerprint density at radius 2 is 1.46 bits per heavy atom. The minimum Gasteiger partial charge on any atom is -0.379 e. The lowest BCUT2D eigenvalue weighted by Gasteiger charge is -2.24. The van der Waals surface area contributed by atoms with E-state index in [0.717, 1.165) is 16.9 Å². The molecule has 3 heteroatoms. The Labute approximate surface area is 142 Å². The van der Waals surface area contributed by atoms with Crippen molar-refractivity contribution in [2.45, 2.75) is 39.2 Å². The van der Waals surface area contributed by atoms with Gasteiger partial charge in [-0.05, 0) is 25.0 Å². The maximum absolute atomic E-state index is 13.2. The smallest absolute Gasteiger partial charge is 0.291 e. The van der Waals surface area contributed by atoms with Crippen LogP contribution in [0.25, 0.3) is 11.1 Å². The number of nitrogens with zero attached hydrogens (tertiary/aromatic N) is 1. The molecule has 24 heavy (non-hydrogen) atoms. The Hall–Kier alpha value is -2.55. The number of aromatic nitrogens is 1. The first-order valence-electron chi connectivity index (χ1n) is 8.30. The number of hydrogen-bond acceptors (Lipinski definition) is 2. The van der Waals surface area contributed by atoms with E-state index < -0.39 is 5.54 Å². The van der Waals surface area contributed by atoms with Crippen molar-refractivity contribution >= 4 is 0 Å². The predicted octanol–water partition coefficient (Wildman–Crippen LogP) is 5.02. The molecular weight excluding hydrogens is 298 g/mol. The van der Waals surface area contributed by atoms with Gasteiger partial charge in [-0.15, -0.1) is 0 Å². The molecule has 0 radical (unpaired) electrons. The van der Waals surface area contributed by atoms with Crippen LogP contribution >= 0.6 is 0 Å². The largest absolute Gasteiger partial charge is 0.379 e. The van der Waals surface area contributed by atoms with E-state index in [-0.39, 0.29) is 11.5 Å². The van der Waals surface area contributed by atoms with Crippen LogP contribution < -0.4 is 5.56 Å². The highest BCUT2D eigenvalue weighted by Crippen LogP contribution is 2.31. The van der Waals surface area contributed by atoms with Crippen LogP contribution in [0.2, 0.25) is 0 Å². The highest BCUT2D eigenvalue weighted by Gasteiger charge is 2.31. The fourth-order valence-corrected chi connectivity index (χ4v) is 2.99. The van der Waals surface area contributed by atoms with Gasteiger partial charge in [0.2, 0.25) is 0 Å². The van der Waals surface area contributed by atoms with Crippen LogP contribution in [0.4, 0.5) is 0 Å². The molecule has 0 saturated carbocycles. The molecule has 0 aliphatic carbocycles. The second-order valence-electron chi connectivity index (χ2n) is 6.88. The Morgan fingerprint density at radius 3 is 2.00 bits per heavy atom. The number of hydrogen-bond donors (Lipinski definition) is 0. The van der Waals surface area contributed by atoms with Gasteiger partial charge in [-0.3, -0.25) is 4.79 Å². The highest BCUT2D eigenvalue weighted by molar-refractivity contribution is 5.65. The molecule has 1 heterocycles. The molecule has 2 aromatic carbocycles. The zero-order valence-electron chi connectivity index (χ0n) is 14.6. The van der Waals surface area contributed by atoms with Gasteiger partial charge in [0.1, 0.15) is 11.3 Å². The van der Waals surface area contributed by atoms with E-state index in [1.165, 1.54) is 4.74 Å². The van der Waals surface area contributed by atoms with Crippen LogP contribution in [0.5, 0.6) is 0 Å². The molecule has 3 nitrogen and oxygen atoms in total. The van der Waals surface area contributed by atoms with Crippen LogP contribution in [0.15, 0.2) is 70.0 Å². The van der Waals surface area contributed by atoms with Crippen molar-refractivity contribution in [1.29, 1.82) is 0 Å². The van der Waals surface area contributed by atoms with E-state index >= 15 is 0 Å². The number of rotatable bonds is 4. The highest BCUT2D eigenvalue weighted by atomic mass is 16.5. The van der Waals surface area contributed by atoms with E-state index in [1.807, 2.05) is 88.4 Å². The Bertz CT molecular complexity index is 871. The Kier molecular flexibility index (Phi) is 4.18. The third-order valence-electron chi connectivity index (χ3n) is 4.41. The molecule has 0 spiro atoms. The molecule has 0 aliphatic heterocycles. The number of benzene rings is 2. The molecular formula is C21H23NO2. The summed E-state index contributed by atoms with van der Waals surface area (Å²) in [5.74, 6) is 0.857. The summed E-state index contributed by atoms with van der Waals surface area (Å²) in [6.07, 6.45) is 0. The third-order valence-corrected chi connectivity index (χ3v) is 4.41. The summed E-state index contributed by atoms with van der Waals surface area (Å²) >= 11 is 0. The quantitative estimate of drug-likeness (QED) is 0.676. The molecule has 1 aromatic heterocycles. The third kappa shape index (κ3) is 2.71. The predicted molar refractivity (Wildman–Crippen MR) is 97.4 cm³/mol. The van der Waals surface area contributed by atoms with Crippen LogP contribution in [0, 0.1) is 0 Å². The molecule has 0 bridgehead atoms. The van der Waals surface area contributed by atoms with Gasteiger partial charge in [-0.1, -0.05) is 74.5 Å². The summed E-state index contributed by atoms with van der Waals surface area (Å²) in [6.45, 7) is 8.10. The van der Waals surface area contributed by atoms with Gasteiger partial charge in [0, 0.05) is 5.92 Å². The van der Waals surface area contributed by atoms with Crippen LogP contribution in [-0.2, 0) is 5.54 Å². The normalized spacial score (nSPS) is 11.9. The molecule has 0 atom stereocenters. The lowest BCUT2D eigenvalue weighted by Crippen LogP contribution is -2.34. The van der Waals surface area contributed by atoms with E-state index in [1.54, 1.807) is 0 Å². The minimum absolute atomic E-state index is 0.0845. The van der Waals surface area contributed by atoms with Crippen molar-refractivity contribution in [2.75, 3.05) is 0 Å².